The molecule has 0 bridgehead atoms. The third-order valence-corrected chi connectivity index (χ3v) is 2.39. The van der Waals surface area contributed by atoms with E-state index in [4.69, 9.17) is 20.0 Å². The molecular formula is C8H8N2O2. The average Bonchev–Trinajstić information content (AvgIpc) is 2.62. The van der Waals surface area contributed by atoms with Gasteiger partial charge in [0.15, 0.2) is 0 Å². The number of nitriles is 2. The predicted octanol–water partition coefficient (Wildman–Crippen LogP) is 0.0636. The van der Waals surface area contributed by atoms with Crippen molar-refractivity contribution in [3.05, 3.63) is 0 Å². The molecule has 0 radical (unpaired) electrons. The van der Waals surface area contributed by atoms with Crippen molar-refractivity contribution < 1.29 is 9.47 Å². The Balaban J connectivity index is 2.13. The molecule has 0 spiro atoms. The van der Waals surface area contributed by atoms with Gasteiger partial charge in [-0.3, -0.25) is 0 Å². The van der Waals surface area contributed by atoms with Crippen LogP contribution in [0.1, 0.15) is 0 Å². The molecule has 4 atom stereocenters. The van der Waals surface area contributed by atoms with Crippen LogP contribution in [0.3, 0.4) is 0 Å². The van der Waals surface area contributed by atoms with Crippen LogP contribution in [0.2, 0.25) is 0 Å². The standard InChI is InChI=1S/C8H8N2O2/c9-1-5-3-11-8-6(2-10)4-12-7(5)8/h5-8H,3-4H2. The topological polar surface area (TPSA) is 66.0 Å². The zero-order valence-corrected chi connectivity index (χ0v) is 6.43. The summed E-state index contributed by atoms with van der Waals surface area (Å²) in [7, 11) is 0. The number of nitrogens with zero attached hydrogens (tertiary/aromatic N) is 2. The summed E-state index contributed by atoms with van der Waals surface area (Å²) in [6, 6.07) is 4.24. The summed E-state index contributed by atoms with van der Waals surface area (Å²) in [4.78, 5) is 0. The molecule has 62 valence electrons. The van der Waals surface area contributed by atoms with Crippen LogP contribution in [-0.2, 0) is 9.47 Å². The smallest absolute Gasteiger partial charge is 0.103 e. The van der Waals surface area contributed by atoms with E-state index < -0.39 is 0 Å². The summed E-state index contributed by atoms with van der Waals surface area (Å²) in [6.07, 6.45) is -0.334. The van der Waals surface area contributed by atoms with Crippen molar-refractivity contribution in [1.29, 1.82) is 10.5 Å². The van der Waals surface area contributed by atoms with Crippen molar-refractivity contribution in [2.24, 2.45) is 11.8 Å². The van der Waals surface area contributed by atoms with Crippen LogP contribution >= 0.6 is 0 Å². The van der Waals surface area contributed by atoms with Gasteiger partial charge in [-0.25, -0.2) is 0 Å². The van der Waals surface area contributed by atoms with Gasteiger partial charge in [0.1, 0.15) is 12.2 Å². The number of hydrogen-bond donors (Lipinski definition) is 0. The van der Waals surface area contributed by atoms with Crippen LogP contribution < -0.4 is 0 Å². The average molecular weight is 164 g/mol. The molecule has 2 fully saturated rings. The number of ether oxygens (including phenoxy) is 2. The van der Waals surface area contributed by atoms with E-state index in [1.54, 1.807) is 0 Å². The Hall–Kier alpha value is -1.10. The van der Waals surface area contributed by atoms with Crippen molar-refractivity contribution in [2.75, 3.05) is 13.2 Å². The third-order valence-electron chi connectivity index (χ3n) is 2.39. The minimum absolute atomic E-state index is 0.167. The van der Waals surface area contributed by atoms with E-state index in [-0.39, 0.29) is 24.0 Å². The van der Waals surface area contributed by atoms with Gasteiger partial charge >= 0.3 is 0 Å². The van der Waals surface area contributed by atoms with Gasteiger partial charge in [-0.05, 0) is 0 Å². The molecule has 0 aliphatic carbocycles. The lowest BCUT2D eigenvalue weighted by atomic mass is 9.98. The molecule has 2 heterocycles. The lowest BCUT2D eigenvalue weighted by molar-refractivity contribution is 0.0664. The van der Waals surface area contributed by atoms with Crippen molar-refractivity contribution in [3.8, 4) is 12.1 Å². The Morgan fingerprint density at radius 1 is 0.917 bits per heavy atom. The highest BCUT2D eigenvalue weighted by atomic mass is 16.6. The lowest BCUT2D eigenvalue weighted by Gasteiger charge is -2.08. The monoisotopic (exact) mass is 164 g/mol. The Morgan fingerprint density at radius 2 is 1.33 bits per heavy atom. The Bertz CT molecular complexity index is 237. The van der Waals surface area contributed by atoms with Gasteiger partial charge in [-0.15, -0.1) is 0 Å². The second kappa shape index (κ2) is 2.75. The van der Waals surface area contributed by atoms with Crippen LogP contribution in [-0.4, -0.2) is 25.4 Å². The van der Waals surface area contributed by atoms with Crippen molar-refractivity contribution in [1.82, 2.24) is 0 Å². The van der Waals surface area contributed by atoms with E-state index in [0.29, 0.717) is 13.2 Å². The maximum absolute atomic E-state index is 8.68. The highest BCUT2D eigenvalue weighted by Crippen LogP contribution is 2.33. The fraction of sp³-hybridized carbons (Fsp3) is 0.750. The first-order valence-electron chi connectivity index (χ1n) is 3.89. The molecule has 2 rings (SSSR count). The lowest BCUT2D eigenvalue weighted by Crippen LogP contribution is -2.24. The maximum atomic E-state index is 8.68. The maximum Gasteiger partial charge on any atom is 0.103 e. The number of fused-ring (bicyclic) bond motifs is 1. The quantitative estimate of drug-likeness (QED) is 0.508. The van der Waals surface area contributed by atoms with Crippen molar-refractivity contribution in [3.63, 3.8) is 0 Å². The van der Waals surface area contributed by atoms with Crippen LogP contribution in [0.25, 0.3) is 0 Å². The molecule has 0 aromatic heterocycles. The van der Waals surface area contributed by atoms with Crippen LogP contribution in [0.5, 0.6) is 0 Å². The fourth-order valence-electron chi connectivity index (χ4n) is 1.72. The van der Waals surface area contributed by atoms with Crippen molar-refractivity contribution in [2.45, 2.75) is 12.2 Å². The van der Waals surface area contributed by atoms with Gasteiger partial charge in [0.25, 0.3) is 0 Å². The summed E-state index contributed by atoms with van der Waals surface area (Å²) in [5, 5.41) is 17.4. The normalized spacial score (nSPS) is 44.8. The number of rotatable bonds is 0. The third kappa shape index (κ3) is 0.896. The summed E-state index contributed by atoms with van der Waals surface area (Å²) in [5.74, 6) is -0.373. The van der Waals surface area contributed by atoms with Crippen molar-refractivity contribution >= 4 is 0 Å². The van der Waals surface area contributed by atoms with E-state index in [0.717, 1.165) is 0 Å². The van der Waals surface area contributed by atoms with Crippen LogP contribution in [0.15, 0.2) is 0 Å². The summed E-state index contributed by atoms with van der Waals surface area (Å²) < 4.78 is 10.6. The highest BCUT2D eigenvalue weighted by Gasteiger charge is 2.47. The summed E-state index contributed by atoms with van der Waals surface area (Å²) >= 11 is 0. The summed E-state index contributed by atoms with van der Waals surface area (Å²) in [6.45, 7) is 0.814. The van der Waals surface area contributed by atoms with Gasteiger partial charge in [0.2, 0.25) is 0 Å². The molecule has 2 aliphatic rings. The Labute approximate surface area is 70.3 Å². The first-order chi connectivity index (χ1) is 5.86. The molecule has 4 heteroatoms. The van der Waals surface area contributed by atoms with Crippen LogP contribution in [0, 0.1) is 34.5 Å². The Kier molecular flexibility index (Phi) is 1.73. The minimum Gasteiger partial charge on any atom is -0.373 e. The molecule has 0 aromatic carbocycles. The molecule has 2 aliphatic heterocycles. The van der Waals surface area contributed by atoms with Gasteiger partial charge < -0.3 is 9.47 Å². The SMILES string of the molecule is N#CC1COC2C(C#N)COC12. The van der Waals surface area contributed by atoms with E-state index >= 15 is 0 Å². The van der Waals surface area contributed by atoms with E-state index in [1.807, 2.05) is 0 Å². The predicted molar refractivity (Wildman–Crippen MR) is 37.7 cm³/mol. The van der Waals surface area contributed by atoms with E-state index in [9.17, 15) is 0 Å². The van der Waals surface area contributed by atoms with E-state index in [2.05, 4.69) is 12.1 Å². The molecule has 0 aromatic rings. The first-order valence-corrected chi connectivity index (χ1v) is 3.89. The van der Waals surface area contributed by atoms with Crippen LogP contribution in [0.4, 0.5) is 0 Å². The molecule has 12 heavy (non-hydrogen) atoms. The zero-order chi connectivity index (χ0) is 8.55. The molecule has 4 unspecified atom stereocenters. The van der Waals surface area contributed by atoms with Gasteiger partial charge in [0, 0.05) is 0 Å². The largest absolute Gasteiger partial charge is 0.373 e. The Morgan fingerprint density at radius 3 is 1.67 bits per heavy atom. The molecular weight excluding hydrogens is 156 g/mol. The fourth-order valence-corrected chi connectivity index (χ4v) is 1.72. The highest BCUT2D eigenvalue weighted by molar-refractivity contribution is 5.07. The minimum atomic E-state index is -0.187. The molecule has 0 N–H and O–H groups in total. The molecule has 0 amide bonds. The summed E-state index contributed by atoms with van der Waals surface area (Å²) in [5.41, 5.74) is 0. The second-order valence-electron chi connectivity index (χ2n) is 3.07. The second-order valence-corrected chi connectivity index (χ2v) is 3.07. The van der Waals surface area contributed by atoms with E-state index in [1.165, 1.54) is 0 Å². The van der Waals surface area contributed by atoms with Gasteiger partial charge in [-0.1, -0.05) is 0 Å². The van der Waals surface area contributed by atoms with Gasteiger partial charge in [0.05, 0.1) is 37.2 Å². The number of hydrogen-bond acceptors (Lipinski definition) is 4. The molecule has 4 nitrogen and oxygen atoms in total. The molecule has 2 saturated heterocycles. The first kappa shape index (κ1) is 7.54. The zero-order valence-electron chi connectivity index (χ0n) is 6.43. The molecule has 0 saturated carbocycles. The van der Waals surface area contributed by atoms with Gasteiger partial charge in [-0.2, -0.15) is 10.5 Å².